The van der Waals surface area contributed by atoms with Crippen LogP contribution in [-0.4, -0.2) is 44.8 Å². The van der Waals surface area contributed by atoms with Crippen LogP contribution in [0.1, 0.15) is 40.1 Å². The summed E-state index contributed by atoms with van der Waals surface area (Å²) in [6.07, 6.45) is 2.53. The summed E-state index contributed by atoms with van der Waals surface area (Å²) in [4.78, 5) is 19.3. The molecule has 1 unspecified atom stereocenters. The van der Waals surface area contributed by atoms with Gasteiger partial charge in [-0.1, -0.05) is 5.16 Å². The van der Waals surface area contributed by atoms with Crippen LogP contribution in [0.25, 0.3) is 0 Å². The summed E-state index contributed by atoms with van der Waals surface area (Å²) in [6.45, 7) is 7.13. The van der Waals surface area contributed by atoms with Crippen LogP contribution >= 0.6 is 0 Å². The average Bonchev–Trinajstić information content (AvgIpc) is 3.06. The lowest BCUT2D eigenvalue weighted by molar-refractivity contribution is 0.0385. The molecule has 0 bridgehead atoms. The summed E-state index contributed by atoms with van der Waals surface area (Å²) in [5, 5.41) is 3.89. The fourth-order valence-electron chi connectivity index (χ4n) is 3.09. The van der Waals surface area contributed by atoms with Crippen molar-refractivity contribution in [1.29, 1.82) is 0 Å². The summed E-state index contributed by atoms with van der Waals surface area (Å²) >= 11 is 0. The number of carbonyl (C=O) groups is 1. The summed E-state index contributed by atoms with van der Waals surface area (Å²) in [7, 11) is 1.98. The Labute approximate surface area is 135 Å². The van der Waals surface area contributed by atoms with Crippen molar-refractivity contribution in [2.75, 3.05) is 13.2 Å². The minimum absolute atomic E-state index is 0.0148. The highest BCUT2D eigenvalue weighted by atomic mass is 16.5. The Hall–Kier alpha value is -2.15. The number of carbonyl (C=O) groups excluding carboxylic acids is 1. The van der Waals surface area contributed by atoms with E-state index in [1.807, 2.05) is 23.4 Å². The van der Waals surface area contributed by atoms with Crippen molar-refractivity contribution in [1.82, 2.24) is 19.6 Å². The summed E-state index contributed by atoms with van der Waals surface area (Å²) < 4.78 is 12.8. The van der Waals surface area contributed by atoms with Gasteiger partial charge in [-0.3, -0.25) is 4.79 Å². The van der Waals surface area contributed by atoms with Crippen molar-refractivity contribution in [2.45, 2.75) is 39.8 Å². The molecule has 0 N–H and O–H groups in total. The maximum atomic E-state index is 13.0. The molecule has 1 amide bonds. The lowest BCUT2D eigenvalue weighted by Crippen LogP contribution is -2.47. The topological polar surface area (TPSA) is 73.4 Å². The predicted octanol–water partition coefficient (Wildman–Crippen LogP) is 1.63. The van der Waals surface area contributed by atoms with Crippen LogP contribution < -0.4 is 0 Å². The predicted molar refractivity (Wildman–Crippen MR) is 83.0 cm³/mol. The van der Waals surface area contributed by atoms with E-state index in [-0.39, 0.29) is 11.9 Å². The number of nitrogens with zero attached hydrogens (tertiary/aromatic N) is 4. The summed E-state index contributed by atoms with van der Waals surface area (Å²) in [5.74, 6) is 0.483. The standard InChI is InChI=1S/C16H22N4O3/c1-5-22-8-12-6-14-13(17-9-19(14)4)7-20(12)16(21)15-10(2)18-23-11(15)3/h9,12H,5-8H2,1-4H3. The van der Waals surface area contributed by atoms with Crippen molar-refractivity contribution >= 4 is 5.91 Å². The number of ether oxygens (including phenoxy) is 1. The molecule has 1 atom stereocenters. The highest BCUT2D eigenvalue weighted by Gasteiger charge is 2.34. The van der Waals surface area contributed by atoms with Crippen LogP contribution in [0.15, 0.2) is 10.9 Å². The van der Waals surface area contributed by atoms with E-state index in [1.165, 1.54) is 0 Å². The van der Waals surface area contributed by atoms with Crippen LogP contribution in [0, 0.1) is 13.8 Å². The molecule has 3 heterocycles. The molecule has 1 aliphatic heterocycles. The van der Waals surface area contributed by atoms with Gasteiger partial charge in [0, 0.05) is 25.8 Å². The minimum Gasteiger partial charge on any atom is -0.380 e. The fourth-order valence-corrected chi connectivity index (χ4v) is 3.09. The first kappa shape index (κ1) is 15.7. The Morgan fingerprint density at radius 2 is 2.26 bits per heavy atom. The maximum Gasteiger partial charge on any atom is 0.260 e. The second kappa shape index (κ2) is 6.16. The first-order chi connectivity index (χ1) is 11.0. The van der Waals surface area contributed by atoms with Crippen molar-refractivity contribution in [3.05, 3.63) is 34.7 Å². The number of imidazole rings is 1. The van der Waals surface area contributed by atoms with Gasteiger partial charge in [0.2, 0.25) is 0 Å². The smallest absolute Gasteiger partial charge is 0.260 e. The minimum atomic E-state index is -0.0674. The Bertz CT molecular complexity index is 699. The highest BCUT2D eigenvalue weighted by molar-refractivity contribution is 5.96. The molecule has 2 aromatic heterocycles. The van der Waals surface area contributed by atoms with Gasteiger partial charge in [0.25, 0.3) is 5.91 Å². The molecule has 0 saturated carbocycles. The number of hydrogen-bond acceptors (Lipinski definition) is 5. The Morgan fingerprint density at radius 3 is 2.91 bits per heavy atom. The quantitative estimate of drug-likeness (QED) is 0.856. The summed E-state index contributed by atoms with van der Waals surface area (Å²) in [5.41, 5.74) is 3.28. The zero-order valence-electron chi connectivity index (χ0n) is 14.0. The zero-order valence-corrected chi connectivity index (χ0v) is 14.0. The van der Waals surface area contributed by atoms with E-state index in [0.29, 0.717) is 36.8 Å². The van der Waals surface area contributed by atoms with Crippen LogP contribution in [0.3, 0.4) is 0 Å². The normalized spacial score (nSPS) is 17.4. The molecule has 1 aliphatic rings. The van der Waals surface area contributed by atoms with Crippen molar-refractivity contribution < 1.29 is 14.1 Å². The van der Waals surface area contributed by atoms with Gasteiger partial charge in [-0.25, -0.2) is 4.98 Å². The van der Waals surface area contributed by atoms with Crippen LogP contribution in [-0.2, 0) is 24.8 Å². The highest BCUT2D eigenvalue weighted by Crippen LogP contribution is 2.26. The van der Waals surface area contributed by atoms with Gasteiger partial charge in [-0.2, -0.15) is 0 Å². The summed E-state index contributed by atoms with van der Waals surface area (Å²) in [6, 6.07) is -0.0148. The lowest BCUT2D eigenvalue weighted by Gasteiger charge is -2.35. The number of hydrogen-bond donors (Lipinski definition) is 0. The molecule has 7 nitrogen and oxygen atoms in total. The van der Waals surface area contributed by atoms with Gasteiger partial charge in [-0.15, -0.1) is 0 Å². The number of rotatable bonds is 4. The molecule has 0 aliphatic carbocycles. The van der Waals surface area contributed by atoms with Crippen LogP contribution in [0.2, 0.25) is 0 Å². The van der Waals surface area contributed by atoms with E-state index in [0.717, 1.165) is 17.8 Å². The molecular weight excluding hydrogens is 296 g/mol. The van der Waals surface area contributed by atoms with Crippen LogP contribution in [0.5, 0.6) is 0 Å². The molecule has 3 rings (SSSR count). The van der Waals surface area contributed by atoms with E-state index >= 15 is 0 Å². The fraction of sp³-hybridized carbons (Fsp3) is 0.562. The lowest BCUT2D eigenvalue weighted by atomic mass is 10.0. The van der Waals surface area contributed by atoms with Crippen molar-refractivity contribution in [3.63, 3.8) is 0 Å². The average molecular weight is 318 g/mol. The van der Waals surface area contributed by atoms with E-state index in [2.05, 4.69) is 10.1 Å². The Morgan fingerprint density at radius 1 is 1.48 bits per heavy atom. The van der Waals surface area contributed by atoms with Gasteiger partial charge in [0.05, 0.1) is 36.9 Å². The first-order valence-electron chi connectivity index (χ1n) is 7.83. The number of amides is 1. The monoisotopic (exact) mass is 318 g/mol. The Balaban J connectivity index is 1.93. The van der Waals surface area contributed by atoms with E-state index < -0.39 is 0 Å². The molecule has 0 fully saturated rings. The number of aryl methyl sites for hydroxylation is 3. The molecule has 0 saturated heterocycles. The van der Waals surface area contributed by atoms with Crippen molar-refractivity contribution in [2.24, 2.45) is 7.05 Å². The molecule has 0 radical (unpaired) electrons. The molecule has 0 spiro atoms. The van der Waals surface area contributed by atoms with Gasteiger partial charge in [0.15, 0.2) is 0 Å². The van der Waals surface area contributed by atoms with Gasteiger partial charge < -0.3 is 18.7 Å². The third-order valence-corrected chi connectivity index (χ3v) is 4.36. The second-order valence-corrected chi connectivity index (χ2v) is 5.90. The molecule has 23 heavy (non-hydrogen) atoms. The van der Waals surface area contributed by atoms with Crippen molar-refractivity contribution in [3.8, 4) is 0 Å². The maximum absolute atomic E-state index is 13.0. The first-order valence-corrected chi connectivity index (χ1v) is 7.83. The van der Waals surface area contributed by atoms with Gasteiger partial charge >= 0.3 is 0 Å². The zero-order chi connectivity index (χ0) is 16.6. The molecule has 0 aromatic carbocycles. The molecule has 7 heteroatoms. The SMILES string of the molecule is CCOCC1Cc2c(ncn2C)CN1C(=O)c1c(C)noc1C. The Kier molecular flexibility index (Phi) is 4.21. The third-order valence-electron chi connectivity index (χ3n) is 4.36. The number of aromatic nitrogens is 3. The van der Waals surface area contributed by atoms with E-state index in [4.69, 9.17) is 9.26 Å². The van der Waals surface area contributed by atoms with Crippen LogP contribution in [0.4, 0.5) is 0 Å². The number of fused-ring (bicyclic) bond motifs is 1. The molecular formula is C16H22N4O3. The third kappa shape index (κ3) is 2.76. The molecule has 2 aromatic rings. The largest absolute Gasteiger partial charge is 0.380 e. The second-order valence-electron chi connectivity index (χ2n) is 5.90. The van der Waals surface area contributed by atoms with E-state index in [1.54, 1.807) is 20.2 Å². The van der Waals surface area contributed by atoms with E-state index in [9.17, 15) is 4.79 Å². The van der Waals surface area contributed by atoms with Gasteiger partial charge in [0.1, 0.15) is 11.3 Å². The van der Waals surface area contributed by atoms with Gasteiger partial charge in [-0.05, 0) is 20.8 Å². The molecule has 124 valence electrons.